The topological polar surface area (TPSA) is 98.9 Å². The van der Waals surface area contributed by atoms with Crippen molar-refractivity contribution in [3.63, 3.8) is 0 Å². The van der Waals surface area contributed by atoms with Crippen LogP contribution in [0.25, 0.3) is 0 Å². The van der Waals surface area contributed by atoms with Gasteiger partial charge < -0.3 is 20.9 Å². The van der Waals surface area contributed by atoms with Crippen LogP contribution in [0, 0.1) is 0 Å². The van der Waals surface area contributed by atoms with Crippen LogP contribution in [0.1, 0.15) is 109 Å². The van der Waals surface area contributed by atoms with Gasteiger partial charge in [-0.25, -0.2) is 4.98 Å². The molecule has 2 heterocycles. The van der Waals surface area contributed by atoms with E-state index in [1.54, 1.807) is 12.5 Å². The van der Waals surface area contributed by atoms with Gasteiger partial charge >= 0.3 is 0 Å². The van der Waals surface area contributed by atoms with Crippen molar-refractivity contribution >= 4 is 11.8 Å². The van der Waals surface area contributed by atoms with Crippen molar-refractivity contribution in [3.05, 3.63) is 30.4 Å². The van der Waals surface area contributed by atoms with Gasteiger partial charge in [0.2, 0.25) is 11.8 Å². The second-order valence-corrected chi connectivity index (χ2v) is 9.91. The van der Waals surface area contributed by atoms with Crippen LogP contribution in [0.15, 0.2) is 24.7 Å². The molecule has 0 aliphatic carbocycles. The first-order valence-electron chi connectivity index (χ1n) is 14.1. The van der Waals surface area contributed by atoms with Crippen LogP contribution in [-0.2, 0) is 16.0 Å². The highest BCUT2D eigenvalue weighted by Gasteiger charge is 2.29. The number of aromatic nitrogens is 2. The molecule has 4 N–H and O–H groups in total. The molecule has 2 atom stereocenters. The number of nitrogens with one attached hydrogen (secondary N) is 4. The van der Waals surface area contributed by atoms with Crippen molar-refractivity contribution in [1.29, 1.82) is 0 Å². The van der Waals surface area contributed by atoms with Crippen LogP contribution in [0.3, 0.4) is 0 Å². The Morgan fingerprint density at radius 1 is 1.00 bits per heavy atom. The molecule has 198 valence electrons. The summed E-state index contributed by atoms with van der Waals surface area (Å²) in [5.74, 6) is 0.105. The summed E-state index contributed by atoms with van der Waals surface area (Å²) in [6, 6.07) is -0.198. The van der Waals surface area contributed by atoms with Gasteiger partial charge in [-0.2, -0.15) is 0 Å². The van der Waals surface area contributed by atoms with E-state index in [1.807, 2.05) is 0 Å². The van der Waals surface area contributed by atoms with Gasteiger partial charge in [-0.3, -0.25) is 9.59 Å². The van der Waals surface area contributed by atoms with Crippen molar-refractivity contribution in [2.45, 2.75) is 122 Å². The second kappa shape index (κ2) is 19.1. The number of allylic oxidation sites excluding steroid dienone is 2. The molecule has 35 heavy (non-hydrogen) atoms. The number of imidazole rings is 1. The lowest BCUT2D eigenvalue weighted by atomic mass is 10.1. The van der Waals surface area contributed by atoms with Crippen molar-refractivity contribution < 1.29 is 9.59 Å². The number of carbonyl (C=O) groups is 2. The van der Waals surface area contributed by atoms with Crippen LogP contribution in [0.4, 0.5) is 0 Å². The Labute approximate surface area is 212 Å². The van der Waals surface area contributed by atoms with Gasteiger partial charge in [0.15, 0.2) is 0 Å². The van der Waals surface area contributed by atoms with Crippen molar-refractivity contribution in [2.75, 3.05) is 13.1 Å². The average molecular weight is 488 g/mol. The lowest BCUT2D eigenvalue weighted by Crippen LogP contribution is -2.41. The van der Waals surface area contributed by atoms with Gasteiger partial charge in [0, 0.05) is 43.9 Å². The van der Waals surface area contributed by atoms with E-state index in [0.29, 0.717) is 25.9 Å². The minimum absolute atomic E-state index is 0.00137. The maximum Gasteiger partial charge on any atom is 0.237 e. The van der Waals surface area contributed by atoms with Gasteiger partial charge in [0.05, 0.1) is 12.4 Å². The zero-order valence-electron chi connectivity index (χ0n) is 22.0. The Balaban J connectivity index is 1.38. The number of hydrogen-bond donors (Lipinski definition) is 4. The molecule has 1 aliphatic heterocycles. The summed E-state index contributed by atoms with van der Waals surface area (Å²) >= 11 is 0. The third kappa shape index (κ3) is 14.1. The van der Waals surface area contributed by atoms with E-state index >= 15 is 0 Å². The Bertz CT molecular complexity index is 704. The van der Waals surface area contributed by atoms with Crippen LogP contribution >= 0.6 is 0 Å². The lowest BCUT2D eigenvalue weighted by molar-refractivity contribution is -0.123. The molecule has 0 unspecified atom stereocenters. The highest BCUT2D eigenvalue weighted by molar-refractivity contribution is 5.82. The molecular formula is C28H49N5O2. The number of unbranched alkanes of at least 4 members (excludes halogenated alkanes) is 11. The number of H-pyrrole nitrogens is 1. The number of nitrogens with zero attached hydrogens (tertiary/aromatic N) is 1. The molecule has 1 fully saturated rings. The van der Waals surface area contributed by atoms with Gasteiger partial charge in [-0.05, 0) is 38.5 Å². The fraction of sp³-hybridized carbons (Fsp3) is 0.750. The minimum Gasteiger partial charge on any atom is -0.354 e. The highest BCUT2D eigenvalue weighted by Crippen LogP contribution is 2.11. The first-order valence-corrected chi connectivity index (χ1v) is 14.1. The Hall–Kier alpha value is -2.15. The monoisotopic (exact) mass is 487 g/mol. The summed E-state index contributed by atoms with van der Waals surface area (Å²) in [5.41, 5.74) is 1.01. The highest BCUT2D eigenvalue weighted by atomic mass is 16.2. The Morgan fingerprint density at radius 2 is 1.69 bits per heavy atom. The van der Waals surface area contributed by atoms with Crippen LogP contribution in [0.2, 0.25) is 0 Å². The summed E-state index contributed by atoms with van der Waals surface area (Å²) in [6.45, 7) is 3.49. The molecule has 2 amide bonds. The van der Waals surface area contributed by atoms with E-state index < -0.39 is 0 Å². The maximum absolute atomic E-state index is 12.3. The minimum atomic E-state index is -0.234. The number of rotatable bonds is 20. The molecule has 0 spiro atoms. The van der Waals surface area contributed by atoms with Gasteiger partial charge in [0.25, 0.3) is 0 Å². The van der Waals surface area contributed by atoms with Gasteiger partial charge in [-0.15, -0.1) is 0 Å². The van der Waals surface area contributed by atoms with Gasteiger partial charge in [-0.1, -0.05) is 70.4 Å². The predicted molar refractivity (Wildman–Crippen MR) is 143 cm³/mol. The van der Waals surface area contributed by atoms with Crippen LogP contribution < -0.4 is 16.0 Å². The Kier molecular flexibility index (Phi) is 15.9. The molecule has 7 heteroatoms. The number of hydrogen-bond acceptors (Lipinski definition) is 4. The molecule has 0 aromatic carbocycles. The molecule has 0 radical (unpaired) electrons. The third-order valence-electron chi connectivity index (χ3n) is 6.73. The lowest BCUT2D eigenvalue weighted by Gasteiger charge is -2.13. The molecule has 1 aliphatic rings. The molecule has 7 nitrogen and oxygen atoms in total. The molecule has 1 saturated heterocycles. The van der Waals surface area contributed by atoms with E-state index in [9.17, 15) is 9.59 Å². The normalized spacial score (nSPS) is 17.7. The largest absolute Gasteiger partial charge is 0.354 e. The number of amides is 2. The molecule has 0 saturated carbocycles. The zero-order chi connectivity index (χ0) is 25.0. The summed E-state index contributed by atoms with van der Waals surface area (Å²) in [6.07, 6.45) is 26.4. The smallest absolute Gasteiger partial charge is 0.237 e. The summed E-state index contributed by atoms with van der Waals surface area (Å²) in [5, 5.41) is 9.27. The summed E-state index contributed by atoms with van der Waals surface area (Å²) in [7, 11) is 0. The molecular weight excluding hydrogens is 438 g/mol. The van der Waals surface area contributed by atoms with E-state index in [0.717, 1.165) is 25.0 Å². The third-order valence-corrected chi connectivity index (χ3v) is 6.73. The second-order valence-electron chi connectivity index (χ2n) is 9.91. The summed E-state index contributed by atoms with van der Waals surface area (Å²) in [4.78, 5) is 31.6. The number of carbonyl (C=O) groups excluding carboxylic acids is 2. The van der Waals surface area contributed by atoms with Crippen molar-refractivity contribution in [2.24, 2.45) is 0 Å². The molecule has 2 rings (SSSR count). The van der Waals surface area contributed by atoms with Crippen LogP contribution in [0.5, 0.6) is 0 Å². The zero-order valence-corrected chi connectivity index (χ0v) is 22.0. The Morgan fingerprint density at radius 3 is 2.37 bits per heavy atom. The standard InChI is InChI=1S/C28H49N5O2/c1-2-3-4-5-6-7-8-9-10-11-12-13-14-15-16-17-27(34)33-25-20-26(31-22-25)28(35)30-19-18-24-21-29-23-32-24/h9-10,21,23,25-26,31H,2-8,11-20,22H2,1H3,(H,29,32)(H,30,35)(H,33,34)/b10-9-/t25-,26-/m0/s1. The van der Waals surface area contributed by atoms with Gasteiger partial charge in [0.1, 0.15) is 0 Å². The number of aromatic amines is 1. The average Bonchev–Trinajstić information content (AvgIpc) is 3.54. The van der Waals surface area contributed by atoms with E-state index in [4.69, 9.17) is 0 Å². The van der Waals surface area contributed by atoms with E-state index in [1.165, 1.54) is 70.6 Å². The fourth-order valence-corrected chi connectivity index (χ4v) is 4.57. The predicted octanol–water partition coefficient (Wildman–Crippen LogP) is 4.95. The van der Waals surface area contributed by atoms with Crippen LogP contribution in [-0.4, -0.2) is 47.0 Å². The quantitative estimate of drug-likeness (QED) is 0.154. The van der Waals surface area contributed by atoms with Crippen molar-refractivity contribution in [3.8, 4) is 0 Å². The SMILES string of the molecule is CCCCCCCC/C=C\CCCCCCCC(=O)N[C@@H]1CN[C@H](C(=O)NCCc2cnc[nH]2)C1. The molecule has 0 bridgehead atoms. The first kappa shape index (κ1) is 29.1. The fourth-order valence-electron chi connectivity index (χ4n) is 4.57. The van der Waals surface area contributed by atoms with E-state index in [2.05, 4.69) is 45.0 Å². The molecule has 1 aromatic rings. The first-order chi connectivity index (χ1) is 17.2. The molecule has 1 aromatic heterocycles. The van der Waals surface area contributed by atoms with E-state index in [-0.39, 0.29) is 23.9 Å². The van der Waals surface area contributed by atoms with Crippen molar-refractivity contribution in [1.82, 2.24) is 25.9 Å². The maximum atomic E-state index is 12.3. The summed E-state index contributed by atoms with van der Waals surface area (Å²) < 4.78 is 0.